The van der Waals surface area contributed by atoms with Crippen LogP contribution in [0.25, 0.3) is 32.7 Å². The Hall–Kier alpha value is -5.51. The molecule has 0 N–H and O–H groups in total. The average molecular weight is 521 g/mol. The van der Waals surface area contributed by atoms with Crippen molar-refractivity contribution in [3.63, 3.8) is 0 Å². The molecule has 39 heavy (non-hydrogen) atoms. The van der Waals surface area contributed by atoms with Gasteiger partial charge in [0.2, 0.25) is 0 Å². The number of ketones is 1. The summed E-state index contributed by atoms with van der Waals surface area (Å²) in [5.41, 5.74) is 0.915. The lowest BCUT2D eigenvalue weighted by Crippen LogP contribution is -2.00. The summed E-state index contributed by atoms with van der Waals surface area (Å²) in [5, 5.41) is 38.2. The van der Waals surface area contributed by atoms with Crippen molar-refractivity contribution in [3.8, 4) is 11.1 Å². The number of fused-ring (bicyclic) bond motifs is 6. The van der Waals surface area contributed by atoms with Gasteiger partial charge in [-0.15, -0.1) is 0 Å². The predicted molar refractivity (Wildman–Crippen MR) is 146 cm³/mol. The third kappa shape index (κ3) is 4.44. The number of carbonyl (C=O) groups is 1. The minimum Gasteiger partial charge on any atom is -0.289 e. The fourth-order valence-corrected chi connectivity index (χ4v) is 4.80. The van der Waals surface area contributed by atoms with E-state index in [4.69, 9.17) is 0 Å². The Bertz CT molecular complexity index is 1840. The summed E-state index contributed by atoms with van der Waals surface area (Å²) in [5.74, 6) is -0.717. The highest BCUT2D eigenvalue weighted by atomic mass is 16.6. The molecule has 0 aromatic heterocycles. The fraction of sp³-hybridized carbons (Fsp3) is 0.0690. The van der Waals surface area contributed by atoms with Gasteiger partial charge in [0, 0.05) is 34.9 Å². The second-order valence-corrected chi connectivity index (χ2v) is 9.23. The van der Waals surface area contributed by atoms with Gasteiger partial charge in [0.25, 0.3) is 17.1 Å². The molecule has 1 aliphatic rings. The minimum atomic E-state index is -0.841. The van der Waals surface area contributed by atoms with Crippen LogP contribution in [0, 0.1) is 44.2 Å². The lowest BCUT2D eigenvalue weighted by Gasteiger charge is -2.05. The number of rotatable bonds is 3. The van der Waals surface area contributed by atoms with Crippen molar-refractivity contribution in [3.05, 3.63) is 131 Å². The van der Waals surface area contributed by atoms with Gasteiger partial charge in [0.15, 0.2) is 5.78 Å². The van der Waals surface area contributed by atoms with Gasteiger partial charge < -0.3 is 0 Å². The molecular formula is C29H19N3O7. The van der Waals surface area contributed by atoms with Gasteiger partial charge in [-0.25, -0.2) is 0 Å². The van der Waals surface area contributed by atoms with Crippen molar-refractivity contribution < 1.29 is 19.6 Å². The summed E-state index contributed by atoms with van der Waals surface area (Å²) in [6, 6.07) is 22.8. The summed E-state index contributed by atoms with van der Waals surface area (Å²) >= 11 is 0. The van der Waals surface area contributed by atoms with E-state index in [1.807, 2.05) is 0 Å². The number of nitrogens with zero attached hydrogens (tertiary/aromatic N) is 3. The highest BCUT2D eigenvalue weighted by molar-refractivity contribution is 6.23. The minimum absolute atomic E-state index is 0.0597. The molecule has 0 spiro atoms. The molecule has 0 atom stereocenters. The molecule has 0 heterocycles. The third-order valence-electron chi connectivity index (χ3n) is 6.63. The Morgan fingerprint density at radius 2 is 1.05 bits per heavy atom. The number of nitro benzene ring substituents is 3. The van der Waals surface area contributed by atoms with Crippen LogP contribution in [0.4, 0.5) is 17.1 Å². The second kappa shape index (κ2) is 9.42. The SMILES string of the molecule is Cc1ccc2ccc3ccc(C)cc3c2c1.O=C1c2cc([N+](=O)[O-])ccc2-c2c1cc([N+](=O)[O-])cc2[N+](=O)[O-]. The fourth-order valence-electron chi connectivity index (χ4n) is 4.80. The molecule has 5 aromatic carbocycles. The summed E-state index contributed by atoms with van der Waals surface area (Å²) in [6.45, 7) is 4.29. The molecule has 0 fully saturated rings. The van der Waals surface area contributed by atoms with Crippen LogP contribution < -0.4 is 0 Å². The van der Waals surface area contributed by atoms with Gasteiger partial charge in [-0.1, -0.05) is 59.7 Å². The van der Waals surface area contributed by atoms with E-state index in [1.165, 1.54) is 38.7 Å². The number of hydrogen-bond acceptors (Lipinski definition) is 7. The highest BCUT2D eigenvalue weighted by Gasteiger charge is 2.36. The highest BCUT2D eigenvalue weighted by Crippen LogP contribution is 2.45. The van der Waals surface area contributed by atoms with Crippen LogP contribution in [0.1, 0.15) is 27.0 Å². The molecule has 10 heteroatoms. The van der Waals surface area contributed by atoms with Crippen molar-refractivity contribution in [2.45, 2.75) is 13.8 Å². The van der Waals surface area contributed by atoms with E-state index in [1.54, 1.807) is 0 Å². The van der Waals surface area contributed by atoms with Crippen LogP contribution >= 0.6 is 0 Å². The van der Waals surface area contributed by atoms with E-state index in [0.717, 1.165) is 24.3 Å². The first-order valence-electron chi connectivity index (χ1n) is 11.7. The van der Waals surface area contributed by atoms with Crippen LogP contribution in [0.3, 0.4) is 0 Å². The van der Waals surface area contributed by atoms with Crippen molar-refractivity contribution in [1.29, 1.82) is 0 Å². The molecule has 0 amide bonds. The molecule has 0 bridgehead atoms. The molecule has 0 saturated carbocycles. The standard InChI is InChI=1S/C16H14.C13H5N3O7/c1-11-3-5-13-7-8-14-6-4-12(2)10-16(14)15(13)9-11;17-13-9-3-6(14(18)19)1-2-8(9)12-10(13)4-7(15(20)21)5-11(12)16(22)23/h3-10H,1-2H3;1-5H. The number of aryl methyl sites for hydroxylation is 2. The zero-order chi connectivity index (χ0) is 28.0. The summed E-state index contributed by atoms with van der Waals surface area (Å²) in [7, 11) is 0. The van der Waals surface area contributed by atoms with Crippen LogP contribution in [-0.4, -0.2) is 20.6 Å². The molecule has 5 aromatic rings. The lowest BCUT2D eigenvalue weighted by molar-refractivity contribution is -0.393. The maximum atomic E-state index is 12.3. The first-order valence-corrected chi connectivity index (χ1v) is 11.7. The molecule has 10 nitrogen and oxygen atoms in total. The summed E-state index contributed by atoms with van der Waals surface area (Å²) in [6.07, 6.45) is 0. The van der Waals surface area contributed by atoms with Gasteiger partial charge in [0.05, 0.1) is 26.4 Å². The van der Waals surface area contributed by atoms with E-state index in [9.17, 15) is 35.1 Å². The smallest absolute Gasteiger partial charge is 0.284 e. The topological polar surface area (TPSA) is 146 Å². The van der Waals surface area contributed by atoms with Gasteiger partial charge >= 0.3 is 0 Å². The largest absolute Gasteiger partial charge is 0.289 e. The monoisotopic (exact) mass is 521 g/mol. The summed E-state index contributed by atoms with van der Waals surface area (Å²) < 4.78 is 0. The normalized spacial score (nSPS) is 11.5. The Morgan fingerprint density at radius 3 is 1.56 bits per heavy atom. The van der Waals surface area contributed by atoms with Crippen molar-refractivity contribution in [1.82, 2.24) is 0 Å². The molecular weight excluding hydrogens is 502 g/mol. The van der Waals surface area contributed by atoms with Crippen molar-refractivity contribution >= 4 is 44.4 Å². The molecule has 1 aliphatic carbocycles. The molecule has 0 saturated heterocycles. The third-order valence-corrected chi connectivity index (χ3v) is 6.63. The number of benzene rings is 5. The van der Waals surface area contributed by atoms with Crippen LogP contribution in [0.2, 0.25) is 0 Å². The molecule has 0 aliphatic heterocycles. The van der Waals surface area contributed by atoms with Gasteiger partial charge in [-0.05, 0) is 41.5 Å². The van der Waals surface area contributed by atoms with Crippen molar-refractivity contribution in [2.24, 2.45) is 0 Å². The second-order valence-electron chi connectivity index (χ2n) is 9.23. The van der Waals surface area contributed by atoms with Gasteiger partial charge in [-0.3, -0.25) is 35.1 Å². The first-order chi connectivity index (χ1) is 18.5. The maximum absolute atomic E-state index is 12.3. The quantitative estimate of drug-likeness (QED) is 0.135. The van der Waals surface area contributed by atoms with Crippen LogP contribution in [0.15, 0.2) is 78.9 Å². The van der Waals surface area contributed by atoms with Crippen molar-refractivity contribution in [2.75, 3.05) is 0 Å². The van der Waals surface area contributed by atoms with Crippen LogP contribution in [0.5, 0.6) is 0 Å². The Morgan fingerprint density at radius 1 is 0.538 bits per heavy atom. The first kappa shape index (κ1) is 25.2. The number of carbonyl (C=O) groups excluding carboxylic acids is 1. The molecule has 0 unspecified atom stereocenters. The Balaban J connectivity index is 0.000000168. The van der Waals surface area contributed by atoms with E-state index in [-0.39, 0.29) is 27.9 Å². The predicted octanol–water partition coefficient (Wildman–Crippen LogP) is 7.23. The summed E-state index contributed by atoms with van der Waals surface area (Å²) in [4.78, 5) is 42.8. The zero-order valence-corrected chi connectivity index (χ0v) is 20.7. The van der Waals surface area contributed by atoms with E-state index >= 15 is 0 Å². The molecule has 6 rings (SSSR count). The van der Waals surface area contributed by atoms with Gasteiger partial charge in [-0.2, -0.15) is 0 Å². The lowest BCUT2D eigenvalue weighted by atomic mass is 9.99. The van der Waals surface area contributed by atoms with E-state index < -0.39 is 31.9 Å². The van der Waals surface area contributed by atoms with E-state index in [2.05, 4.69) is 62.4 Å². The Labute approximate surface area is 220 Å². The average Bonchev–Trinajstić information content (AvgIpc) is 3.19. The zero-order valence-electron chi connectivity index (χ0n) is 20.7. The maximum Gasteiger partial charge on any atom is 0.284 e. The number of nitro groups is 3. The number of hydrogen-bond donors (Lipinski definition) is 0. The van der Waals surface area contributed by atoms with Gasteiger partial charge in [0.1, 0.15) is 0 Å². The van der Waals surface area contributed by atoms with E-state index in [0.29, 0.717) is 0 Å². The number of non-ortho nitro benzene ring substituents is 2. The Kier molecular flexibility index (Phi) is 6.07. The molecule has 192 valence electrons. The molecule has 0 radical (unpaired) electrons. The van der Waals surface area contributed by atoms with Crippen LogP contribution in [-0.2, 0) is 0 Å².